The van der Waals surface area contributed by atoms with E-state index in [9.17, 15) is 18.3 Å². The van der Waals surface area contributed by atoms with Gasteiger partial charge in [-0.05, 0) is 66.9 Å². The average molecular weight is 494 g/mol. The predicted molar refractivity (Wildman–Crippen MR) is 122 cm³/mol. The molecule has 2 rings (SSSR count). The van der Waals surface area contributed by atoms with Crippen molar-refractivity contribution in [3.8, 4) is 5.75 Å². The first-order chi connectivity index (χ1) is 14.0. The van der Waals surface area contributed by atoms with Crippen LogP contribution in [0.3, 0.4) is 0 Å². The van der Waals surface area contributed by atoms with Crippen LogP contribution < -0.4 is 10.5 Å². The number of nitrogens with two attached hydrogens (primary N) is 1. The number of benzene rings is 1. The average Bonchev–Trinajstić information content (AvgIpc) is 3.10. The lowest BCUT2D eigenvalue weighted by Gasteiger charge is -2.38. The quantitative estimate of drug-likeness (QED) is 0.463. The summed E-state index contributed by atoms with van der Waals surface area (Å²) >= 11 is 13.0. The molecule has 1 heterocycles. The molecule has 2 unspecified atom stereocenters. The zero-order valence-electron chi connectivity index (χ0n) is 16.7. The third-order valence-corrected chi connectivity index (χ3v) is 8.67. The van der Waals surface area contributed by atoms with Gasteiger partial charge in [0.1, 0.15) is 15.4 Å². The molecule has 166 valence electrons. The van der Waals surface area contributed by atoms with E-state index in [1.54, 1.807) is 36.6 Å². The zero-order valence-corrected chi connectivity index (χ0v) is 19.9. The van der Waals surface area contributed by atoms with Gasteiger partial charge >= 0.3 is 5.97 Å². The van der Waals surface area contributed by atoms with Crippen molar-refractivity contribution in [1.82, 2.24) is 0 Å². The van der Waals surface area contributed by atoms with Crippen LogP contribution in [-0.2, 0) is 14.6 Å². The highest BCUT2D eigenvalue weighted by atomic mass is 35.5. The number of hydrogen-bond acceptors (Lipinski definition) is 6. The SMILES string of the molecule is CC(CCOc1cc(Cl)cc(Cl)c1)C(CCCN)(c1ccsc1C(=O)O)S(C)(=O)=O. The molecule has 0 saturated heterocycles. The summed E-state index contributed by atoms with van der Waals surface area (Å²) in [7, 11) is -3.70. The molecule has 0 aliphatic heterocycles. The number of thiophene rings is 1. The molecule has 0 aliphatic rings. The highest BCUT2D eigenvalue weighted by Gasteiger charge is 2.48. The molecule has 3 N–H and O–H groups in total. The summed E-state index contributed by atoms with van der Waals surface area (Å²) in [6.45, 7) is 2.31. The number of halogens is 2. The highest BCUT2D eigenvalue weighted by molar-refractivity contribution is 7.91. The fraction of sp³-hybridized carbons (Fsp3) is 0.450. The molecule has 0 bridgehead atoms. The number of ether oxygens (including phenoxy) is 1. The maximum absolute atomic E-state index is 13.1. The molecule has 0 fully saturated rings. The van der Waals surface area contributed by atoms with Crippen molar-refractivity contribution >= 4 is 50.3 Å². The van der Waals surface area contributed by atoms with Crippen LogP contribution in [0, 0.1) is 5.92 Å². The maximum Gasteiger partial charge on any atom is 0.346 e. The Morgan fingerprint density at radius 1 is 1.30 bits per heavy atom. The van der Waals surface area contributed by atoms with Gasteiger partial charge in [-0.25, -0.2) is 13.2 Å². The van der Waals surface area contributed by atoms with Crippen molar-refractivity contribution in [2.75, 3.05) is 19.4 Å². The van der Waals surface area contributed by atoms with Crippen molar-refractivity contribution in [2.45, 2.75) is 30.9 Å². The van der Waals surface area contributed by atoms with Crippen molar-refractivity contribution < 1.29 is 23.1 Å². The Morgan fingerprint density at radius 2 is 1.93 bits per heavy atom. The molecular weight excluding hydrogens is 469 g/mol. The topological polar surface area (TPSA) is 107 Å². The summed E-state index contributed by atoms with van der Waals surface area (Å²) < 4.78 is 30.5. The van der Waals surface area contributed by atoms with Crippen molar-refractivity contribution in [2.24, 2.45) is 11.7 Å². The smallest absolute Gasteiger partial charge is 0.346 e. The molecule has 0 saturated carbocycles. The predicted octanol–water partition coefficient (Wildman–Crippen LogP) is 4.84. The van der Waals surface area contributed by atoms with Gasteiger partial charge in [0.25, 0.3) is 0 Å². The Morgan fingerprint density at radius 3 is 2.47 bits per heavy atom. The van der Waals surface area contributed by atoms with E-state index < -0.39 is 26.5 Å². The van der Waals surface area contributed by atoms with Gasteiger partial charge in [-0.1, -0.05) is 30.1 Å². The van der Waals surface area contributed by atoms with Gasteiger partial charge in [-0.3, -0.25) is 0 Å². The number of sulfone groups is 1. The second kappa shape index (κ2) is 10.3. The molecule has 0 spiro atoms. The minimum absolute atomic E-state index is 0.0341. The van der Waals surface area contributed by atoms with E-state index >= 15 is 0 Å². The summed E-state index contributed by atoms with van der Waals surface area (Å²) in [4.78, 5) is 11.8. The third kappa shape index (κ3) is 5.48. The Labute approximate surface area is 190 Å². The minimum atomic E-state index is -3.70. The summed E-state index contributed by atoms with van der Waals surface area (Å²) in [6.07, 6.45) is 2.19. The molecule has 6 nitrogen and oxygen atoms in total. The summed E-state index contributed by atoms with van der Waals surface area (Å²) in [5.74, 6) is -1.09. The van der Waals surface area contributed by atoms with E-state index in [1.807, 2.05) is 0 Å². The molecule has 2 aromatic rings. The van der Waals surface area contributed by atoms with Crippen LogP contribution in [0.5, 0.6) is 5.75 Å². The van der Waals surface area contributed by atoms with Crippen molar-refractivity contribution in [1.29, 1.82) is 0 Å². The Kier molecular flexibility index (Phi) is 8.59. The standard InChI is InChI=1S/C20H25Cl2NO5S2/c1-13(4-8-28-16-11-14(21)10-15(22)12-16)20(6-3-7-23,30(2,26)27)17-5-9-29-18(17)19(24)25/h5,9-13H,3-4,6-8,23H2,1-2H3,(H,24,25). The molecule has 0 radical (unpaired) electrons. The molecule has 1 aromatic carbocycles. The second-order valence-corrected chi connectivity index (χ2v) is 11.2. The number of carboxylic acids is 1. The van der Waals surface area contributed by atoms with Crippen molar-refractivity contribution in [3.05, 3.63) is 50.1 Å². The molecule has 0 aliphatic carbocycles. The number of hydrogen-bond donors (Lipinski definition) is 2. The number of rotatable bonds is 11. The number of carbonyl (C=O) groups is 1. The van der Waals surface area contributed by atoms with E-state index in [1.165, 1.54) is 0 Å². The van der Waals surface area contributed by atoms with Gasteiger partial charge in [0.05, 0.1) is 6.61 Å². The Balaban J connectivity index is 2.37. The van der Waals surface area contributed by atoms with Crippen LogP contribution in [0.1, 0.15) is 41.4 Å². The van der Waals surface area contributed by atoms with Crippen molar-refractivity contribution in [3.63, 3.8) is 0 Å². The Hall–Kier alpha value is -1.32. The fourth-order valence-corrected chi connectivity index (χ4v) is 7.09. The second-order valence-electron chi connectivity index (χ2n) is 7.17. The van der Waals surface area contributed by atoms with Gasteiger partial charge in [0.15, 0.2) is 9.84 Å². The minimum Gasteiger partial charge on any atom is -0.493 e. The highest BCUT2D eigenvalue weighted by Crippen LogP contribution is 2.46. The lowest BCUT2D eigenvalue weighted by molar-refractivity contribution is 0.0699. The van der Waals surface area contributed by atoms with E-state index in [0.717, 1.165) is 17.6 Å². The van der Waals surface area contributed by atoms with Crippen LogP contribution in [-0.4, -0.2) is 38.9 Å². The van der Waals surface area contributed by atoms with Crippen LogP contribution in [0.15, 0.2) is 29.6 Å². The van der Waals surface area contributed by atoms with E-state index in [0.29, 0.717) is 40.7 Å². The van der Waals surface area contributed by atoms with Gasteiger partial charge in [0, 0.05) is 16.3 Å². The first kappa shape index (κ1) is 24.9. The lowest BCUT2D eigenvalue weighted by atomic mass is 9.81. The van der Waals surface area contributed by atoms with Crippen LogP contribution in [0.25, 0.3) is 0 Å². The van der Waals surface area contributed by atoms with Gasteiger partial charge in [0.2, 0.25) is 0 Å². The molecule has 1 aromatic heterocycles. The monoisotopic (exact) mass is 493 g/mol. The first-order valence-electron chi connectivity index (χ1n) is 9.32. The lowest BCUT2D eigenvalue weighted by Crippen LogP contribution is -2.43. The van der Waals surface area contributed by atoms with Crippen LogP contribution in [0.4, 0.5) is 0 Å². The zero-order chi connectivity index (χ0) is 22.5. The first-order valence-corrected chi connectivity index (χ1v) is 12.9. The van der Waals surface area contributed by atoms with E-state index in [-0.39, 0.29) is 17.9 Å². The normalized spacial score (nSPS) is 14.8. The van der Waals surface area contributed by atoms with Gasteiger partial charge < -0.3 is 15.6 Å². The summed E-state index contributed by atoms with van der Waals surface area (Å²) in [5, 5.41) is 12.1. The van der Waals surface area contributed by atoms with Gasteiger partial charge in [-0.15, -0.1) is 11.3 Å². The van der Waals surface area contributed by atoms with Gasteiger partial charge in [-0.2, -0.15) is 0 Å². The summed E-state index contributed by atoms with van der Waals surface area (Å²) in [6, 6.07) is 6.43. The number of aromatic carboxylic acids is 1. The molecular formula is C20H25Cl2NO5S2. The largest absolute Gasteiger partial charge is 0.493 e. The molecule has 2 atom stereocenters. The van der Waals surface area contributed by atoms with E-state index in [2.05, 4.69) is 0 Å². The third-order valence-electron chi connectivity index (χ3n) is 5.18. The Bertz CT molecular complexity index is 973. The summed E-state index contributed by atoms with van der Waals surface area (Å²) in [5.41, 5.74) is 5.99. The number of carboxylic acid groups (broad SMARTS) is 1. The fourth-order valence-electron chi connectivity index (χ4n) is 3.77. The molecule has 10 heteroatoms. The van der Waals surface area contributed by atoms with E-state index in [4.69, 9.17) is 33.7 Å². The molecule has 30 heavy (non-hydrogen) atoms. The van der Waals surface area contributed by atoms with Crippen LogP contribution >= 0.6 is 34.5 Å². The maximum atomic E-state index is 13.1. The molecule has 0 amide bonds. The van der Waals surface area contributed by atoms with Crippen LogP contribution in [0.2, 0.25) is 10.0 Å².